The van der Waals surface area contributed by atoms with Crippen LogP contribution in [-0.2, 0) is 18.4 Å². The normalized spacial score (nSPS) is 23.2. The van der Waals surface area contributed by atoms with Gasteiger partial charge in [-0.2, -0.15) is 4.98 Å². The number of halogens is 1. The summed E-state index contributed by atoms with van der Waals surface area (Å²) in [5, 5.41) is 6.18. The molecule has 0 unspecified atom stereocenters. The number of aromatic nitrogens is 4. The molecule has 5 heterocycles. The Kier molecular flexibility index (Phi) is 4.20. The van der Waals surface area contributed by atoms with Gasteiger partial charge in [-0.05, 0) is 24.4 Å². The van der Waals surface area contributed by atoms with Gasteiger partial charge in [0.15, 0.2) is 0 Å². The Morgan fingerprint density at radius 3 is 2.92 bits per heavy atom. The molecule has 2 aromatic rings. The number of hydrogen-bond donors (Lipinski definition) is 0. The first-order valence-corrected chi connectivity index (χ1v) is 9.38. The standard InChI is InChI=1S/C15H17ClN6O2S/c1-20-15(16)18-12(19-20)14(24)21-4-9-2-3-11(6-21)22(13(9)23)5-10-7-25-8-17-10/h7-9,11H,2-6H2,1H3/t9-,11+/m0/s1. The average molecular weight is 381 g/mol. The van der Waals surface area contributed by atoms with Crippen LogP contribution in [0.3, 0.4) is 0 Å². The Morgan fingerprint density at radius 2 is 2.24 bits per heavy atom. The van der Waals surface area contributed by atoms with Crippen molar-refractivity contribution in [2.75, 3.05) is 13.1 Å². The lowest BCUT2D eigenvalue weighted by molar-refractivity contribution is -0.140. The van der Waals surface area contributed by atoms with E-state index in [0.717, 1.165) is 18.5 Å². The lowest BCUT2D eigenvalue weighted by Crippen LogP contribution is -2.47. The first-order chi connectivity index (χ1) is 12.0. The molecule has 10 heteroatoms. The molecule has 0 saturated carbocycles. The summed E-state index contributed by atoms with van der Waals surface area (Å²) in [5.41, 5.74) is 2.66. The number of thiazole rings is 1. The predicted octanol–water partition coefficient (Wildman–Crippen LogP) is 1.19. The lowest BCUT2D eigenvalue weighted by Gasteiger charge is -2.35. The number of carbonyl (C=O) groups is 2. The van der Waals surface area contributed by atoms with Gasteiger partial charge in [0.2, 0.25) is 17.0 Å². The zero-order chi connectivity index (χ0) is 17.6. The second-order valence-corrected chi connectivity index (χ2v) is 7.47. The number of carbonyl (C=O) groups excluding carboxylic acids is 2. The molecule has 5 rings (SSSR count). The Morgan fingerprint density at radius 1 is 1.40 bits per heavy atom. The quantitative estimate of drug-likeness (QED) is 0.798. The van der Waals surface area contributed by atoms with Gasteiger partial charge in [0.05, 0.1) is 23.7 Å². The van der Waals surface area contributed by atoms with Gasteiger partial charge in [0.1, 0.15) is 0 Å². The molecule has 0 radical (unpaired) electrons. The Balaban J connectivity index is 1.56. The number of piperidine rings is 1. The monoisotopic (exact) mass is 380 g/mol. The van der Waals surface area contributed by atoms with Crippen molar-refractivity contribution in [1.82, 2.24) is 29.5 Å². The molecule has 2 amide bonds. The summed E-state index contributed by atoms with van der Waals surface area (Å²) >= 11 is 7.41. The van der Waals surface area contributed by atoms with Gasteiger partial charge in [-0.15, -0.1) is 16.4 Å². The van der Waals surface area contributed by atoms with Gasteiger partial charge in [-0.3, -0.25) is 9.59 Å². The van der Waals surface area contributed by atoms with E-state index in [1.807, 2.05) is 10.3 Å². The second kappa shape index (κ2) is 6.38. The summed E-state index contributed by atoms with van der Waals surface area (Å²) in [6.07, 6.45) is 1.69. The molecule has 2 bridgehead atoms. The van der Waals surface area contributed by atoms with Crippen LogP contribution in [0.1, 0.15) is 29.2 Å². The Hall–Kier alpha value is -2.00. The molecule has 0 aliphatic carbocycles. The number of amides is 2. The minimum atomic E-state index is -0.275. The van der Waals surface area contributed by atoms with E-state index in [1.54, 1.807) is 17.5 Å². The van der Waals surface area contributed by atoms with Crippen molar-refractivity contribution in [3.63, 3.8) is 0 Å². The molecule has 0 N–H and O–H groups in total. The summed E-state index contributed by atoms with van der Waals surface area (Å²) < 4.78 is 1.36. The number of fused-ring (bicyclic) bond motifs is 4. The number of hydrogen-bond acceptors (Lipinski definition) is 6. The lowest BCUT2D eigenvalue weighted by atomic mass is 9.94. The van der Waals surface area contributed by atoms with E-state index in [2.05, 4.69) is 15.1 Å². The number of nitrogens with zero attached hydrogens (tertiary/aromatic N) is 6. The highest BCUT2D eigenvalue weighted by molar-refractivity contribution is 7.07. The maximum absolute atomic E-state index is 12.8. The SMILES string of the molecule is Cn1nc(C(=O)N2C[C@@H]3CC[C@H](C2)N(Cc2cscn2)C3=O)nc1Cl. The number of rotatable bonds is 3. The van der Waals surface area contributed by atoms with E-state index in [4.69, 9.17) is 11.6 Å². The van der Waals surface area contributed by atoms with Crippen LogP contribution >= 0.6 is 22.9 Å². The van der Waals surface area contributed by atoms with Crippen LogP contribution in [0, 0.1) is 5.92 Å². The smallest absolute Gasteiger partial charge is 0.293 e. The van der Waals surface area contributed by atoms with Crippen LogP contribution in [0.5, 0.6) is 0 Å². The van der Waals surface area contributed by atoms with Crippen LogP contribution in [0.4, 0.5) is 0 Å². The van der Waals surface area contributed by atoms with E-state index in [9.17, 15) is 9.59 Å². The van der Waals surface area contributed by atoms with Crippen molar-refractivity contribution in [3.05, 3.63) is 27.7 Å². The highest BCUT2D eigenvalue weighted by Crippen LogP contribution is 2.31. The largest absolute Gasteiger partial charge is 0.333 e. The van der Waals surface area contributed by atoms with Crippen LogP contribution in [0.2, 0.25) is 5.28 Å². The van der Waals surface area contributed by atoms with Gasteiger partial charge in [0.25, 0.3) is 5.91 Å². The molecule has 2 aromatic heterocycles. The first kappa shape index (κ1) is 16.5. The Bertz CT molecular complexity index is 788. The fraction of sp³-hybridized carbons (Fsp3) is 0.533. The maximum atomic E-state index is 12.8. The van der Waals surface area contributed by atoms with Crippen LogP contribution in [-0.4, -0.2) is 60.5 Å². The third kappa shape index (κ3) is 3.02. The van der Waals surface area contributed by atoms with Gasteiger partial charge in [-0.1, -0.05) is 0 Å². The average Bonchev–Trinajstić information content (AvgIpc) is 3.12. The van der Waals surface area contributed by atoms with Gasteiger partial charge >= 0.3 is 0 Å². The van der Waals surface area contributed by atoms with E-state index < -0.39 is 0 Å². The topological polar surface area (TPSA) is 84.2 Å². The fourth-order valence-electron chi connectivity index (χ4n) is 3.50. The molecule has 3 fully saturated rings. The summed E-state index contributed by atoms with van der Waals surface area (Å²) in [5.74, 6) is -0.276. The van der Waals surface area contributed by atoms with Crippen molar-refractivity contribution in [1.29, 1.82) is 0 Å². The van der Waals surface area contributed by atoms with Crippen LogP contribution in [0.15, 0.2) is 10.9 Å². The molecule has 3 aliphatic heterocycles. The van der Waals surface area contributed by atoms with E-state index in [-0.39, 0.29) is 34.9 Å². The van der Waals surface area contributed by atoms with Crippen molar-refractivity contribution in [2.45, 2.75) is 25.4 Å². The highest BCUT2D eigenvalue weighted by atomic mass is 35.5. The zero-order valence-electron chi connectivity index (χ0n) is 13.6. The highest BCUT2D eigenvalue weighted by Gasteiger charge is 2.42. The number of aryl methyl sites for hydroxylation is 1. The third-order valence-electron chi connectivity index (χ3n) is 4.80. The molecule has 25 heavy (non-hydrogen) atoms. The molecule has 2 atom stereocenters. The maximum Gasteiger partial charge on any atom is 0.293 e. The molecule has 3 saturated heterocycles. The molecule has 0 spiro atoms. The van der Waals surface area contributed by atoms with Crippen molar-refractivity contribution in [3.8, 4) is 0 Å². The van der Waals surface area contributed by atoms with Crippen molar-refractivity contribution >= 4 is 34.8 Å². The van der Waals surface area contributed by atoms with E-state index in [0.29, 0.717) is 19.6 Å². The molecular formula is C15H17ClN6O2S. The van der Waals surface area contributed by atoms with Crippen molar-refractivity contribution in [2.24, 2.45) is 13.0 Å². The molecule has 8 nitrogen and oxygen atoms in total. The van der Waals surface area contributed by atoms with Gasteiger partial charge < -0.3 is 9.80 Å². The minimum Gasteiger partial charge on any atom is -0.333 e. The second-order valence-electron chi connectivity index (χ2n) is 6.41. The summed E-state index contributed by atoms with van der Waals surface area (Å²) in [4.78, 5) is 37.4. The van der Waals surface area contributed by atoms with Crippen LogP contribution < -0.4 is 0 Å². The Labute approximate surface area is 153 Å². The summed E-state index contributed by atoms with van der Waals surface area (Å²) in [6.45, 7) is 1.39. The predicted molar refractivity (Wildman–Crippen MR) is 91.1 cm³/mol. The first-order valence-electron chi connectivity index (χ1n) is 8.06. The fourth-order valence-corrected chi connectivity index (χ4v) is 4.17. The van der Waals surface area contributed by atoms with Gasteiger partial charge in [-0.25, -0.2) is 9.67 Å². The van der Waals surface area contributed by atoms with Gasteiger partial charge in [0, 0.05) is 31.6 Å². The molecule has 132 valence electrons. The van der Waals surface area contributed by atoms with E-state index in [1.165, 1.54) is 16.0 Å². The van der Waals surface area contributed by atoms with Crippen LogP contribution in [0.25, 0.3) is 0 Å². The molecule has 0 aromatic carbocycles. The minimum absolute atomic E-state index is 0.00363. The molecular weight excluding hydrogens is 364 g/mol. The third-order valence-corrected chi connectivity index (χ3v) is 5.76. The van der Waals surface area contributed by atoms with E-state index >= 15 is 0 Å². The summed E-state index contributed by atoms with van der Waals surface area (Å²) in [7, 11) is 1.64. The molecule has 3 aliphatic rings. The van der Waals surface area contributed by atoms with Crippen molar-refractivity contribution < 1.29 is 9.59 Å². The summed E-state index contributed by atoms with van der Waals surface area (Å²) in [6, 6.07) is -0.00363. The zero-order valence-corrected chi connectivity index (χ0v) is 15.2.